The van der Waals surface area contributed by atoms with E-state index in [1.165, 1.54) is 5.56 Å². The second-order valence-corrected chi connectivity index (χ2v) is 6.17. The van der Waals surface area contributed by atoms with Gasteiger partial charge in [0, 0.05) is 11.8 Å². The first-order chi connectivity index (χ1) is 11.3. The number of nitrogens with zero attached hydrogens (tertiary/aromatic N) is 1. The number of alkyl halides is 3. The van der Waals surface area contributed by atoms with Crippen LogP contribution in [0.25, 0.3) is 0 Å². The van der Waals surface area contributed by atoms with Gasteiger partial charge in [0.05, 0.1) is 12.1 Å². The second kappa shape index (κ2) is 6.09. The Morgan fingerprint density at radius 1 is 1.17 bits per heavy atom. The molecule has 0 atom stereocenters. The van der Waals surface area contributed by atoms with Gasteiger partial charge in [0.1, 0.15) is 5.02 Å². The standard InChI is InChI=1S/C17H13ClF3NO2/c18-14-7-13(17(19,20)21)8-22(16(14)24)9-15(23)12-5-4-10-2-1-3-11(10)6-12/h4-8H,1-3,9H2. The van der Waals surface area contributed by atoms with Crippen molar-refractivity contribution in [3.05, 3.63) is 68.1 Å². The Balaban J connectivity index is 1.92. The van der Waals surface area contributed by atoms with E-state index >= 15 is 0 Å². The minimum absolute atomic E-state index is 0.385. The lowest BCUT2D eigenvalue weighted by molar-refractivity contribution is -0.138. The average molecular weight is 356 g/mol. The van der Waals surface area contributed by atoms with Crippen molar-refractivity contribution in [3.63, 3.8) is 0 Å². The highest BCUT2D eigenvalue weighted by Gasteiger charge is 2.32. The predicted octanol–water partition coefficient (Wildman–Crippen LogP) is 3.89. The summed E-state index contributed by atoms with van der Waals surface area (Å²) in [6.45, 7) is -0.485. The van der Waals surface area contributed by atoms with Crippen LogP contribution in [0.2, 0.25) is 5.02 Å². The molecule has 2 aromatic rings. The number of ketones is 1. The van der Waals surface area contributed by atoms with Gasteiger partial charge in [-0.25, -0.2) is 0 Å². The summed E-state index contributed by atoms with van der Waals surface area (Å²) in [5.74, 6) is -0.429. The lowest BCUT2D eigenvalue weighted by Crippen LogP contribution is -2.26. The van der Waals surface area contributed by atoms with Gasteiger partial charge < -0.3 is 4.57 Å². The van der Waals surface area contributed by atoms with Crippen molar-refractivity contribution in [2.75, 3.05) is 0 Å². The summed E-state index contributed by atoms with van der Waals surface area (Å²) in [5, 5.41) is -0.563. The zero-order valence-electron chi connectivity index (χ0n) is 12.5. The van der Waals surface area contributed by atoms with Crippen molar-refractivity contribution in [1.82, 2.24) is 4.57 Å². The SMILES string of the molecule is O=C(Cn1cc(C(F)(F)F)cc(Cl)c1=O)c1ccc2c(c1)CCC2. The topological polar surface area (TPSA) is 39.1 Å². The summed E-state index contributed by atoms with van der Waals surface area (Å²) in [4.78, 5) is 24.3. The third kappa shape index (κ3) is 3.24. The number of pyridine rings is 1. The molecule has 0 radical (unpaired) electrons. The second-order valence-electron chi connectivity index (χ2n) is 5.77. The van der Waals surface area contributed by atoms with Crippen molar-refractivity contribution >= 4 is 17.4 Å². The molecule has 1 aromatic heterocycles. The first-order valence-electron chi connectivity index (χ1n) is 7.38. The van der Waals surface area contributed by atoms with E-state index in [2.05, 4.69) is 0 Å². The molecule has 0 bridgehead atoms. The van der Waals surface area contributed by atoms with E-state index in [1.54, 1.807) is 12.1 Å². The Labute approximate surface area is 140 Å². The molecular weight excluding hydrogens is 343 g/mol. The molecule has 3 nitrogen and oxygen atoms in total. The molecule has 0 saturated carbocycles. The van der Waals surface area contributed by atoms with Crippen LogP contribution in [0.3, 0.4) is 0 Å². The van der Waals surface area contributed by atoms with E-state index in [4.69, 9.17) is 11.6 Å². The van der Waals surface area contributed by atoms with Gasteiger partial charge in [-0.05, 0) is 42.5 Å². The van der Waals surface area contributed by atoms with Gasteiger partial charge >= 0.3 is 6.18 Å². The molecule has 0 saturated heterocycles. The third-order valence-corrected chi connectivity index (χ3v) is 4.37. The Morgan fingerprint density at radius 2 is 1.88 bits per heavy atom. The molecule has 7 heteroatoms. The van der Waals surface area contributed by atoms with E-state index in [-0.39, 0.29) is 0 Å². The molecule has 0 spiro atoms. The van der Waals surface area contributed by atoms with Crippen LogP contribution in [0.4, 0.5) is 13.2 Å². The van der Waals surface area contributed by atoms with Gasteiger partial charge in [0.2, 0.25) is 0 Å². The number of hydrogen-bond donors (Lipinski definition) is 0. The largest absolute Gasteiger partial charge is 0.417 e. The number of hydrogen-bond acceptors (Lipinski definition) is 2. The number of fused-ring (bicyclic) bond motifs is 1. The van der Waals surface area contributed by atoms with E-state index in [9.17, 15) is 22.8 Å². The van der Waals surface area contributed by atoms with Gasteiger partial charge in [-0.2, -0.15) is 13.2 Å². The first kappa shape index (κ1) is 16.8. The fourth-order valence-corrected chi connectivity index (χ4v) is 3.09. The van der Waals surface area contributed by atoms with Crippen molar-refractivity contribution in [2.24, 2.45) is 0 Å². The summed E-state index contributed by atoms with van der Waals surface area (Å²) in [5.41, 5.74) is 0.769. The number of Topliss-reactive ketones (excluding diaryl/α,β-unsaturated/α-hetero) is 1. The number of carbonyl (C=O) groups is 1. The van der Waals surface area contributed by atoms with Gasteiger partial charge in [0.25, 0.3) is 5.56 Å². The van der Waals surface area contributed by atoms with E-state index in [0.717, 1.165) is 24.8 Å². The van der Waals surface area contributed by atoms with Crippen LogP contribution in [-0.4, -0.2) is 10.4 Å². The molecule has 24 heavy (non-hydrogen) atoms. The number of aromatic nitrogens is 1. The normalized spacial score (nSPS) is 13.8. The predicted molar refractivity (Wildman–Crippen MR) is 83.5 cm³/mol. The van der Waals surface area contributed by atoms with Gasteiger partial charge in [-0.1, -0.05) is 23.7 Å². The van der Waals surface area contributed by atoms with Crippen LogP contribution in [0.5, 0.6) is 0 Å². The summed E-state index contributed by atoms with van der Waals surface area (Å²) in [6, 6.07) is 5.83. The highest BCUT2D eigenvalue weighted by molar-refractivity contribution is 6.30. The average Bonchev–Trinajstić information content (AvgIpc) is 2.97. The summed E-state index contributed by atoms with van der Waals surface area (Å²) in [7, 11) is 0. The molecule has 0 aliphatic heterocycles. The van der Waals surface area contributed by atoms with Crippen LogP contribution in [0.15, 0.2) is 35.3 Å². The zero-order valence-corrected chi connectivity index (χ0v) is 13.2. The summed E-state index contributed by atoms with van der Waals surface area (Å²) in [6.07, 6.45) is -1.15. The molecule has 0 N–H and O–H groups in total. The molecule has 1 heterocycles. The lowest BCUT2D eigenvalue weighted by atomic mass is 10.0. The molecule has 126 valence electrons. The van der Waals surface area contributed by atoms with Gasteiger partial charge in [-0.15, -0.1) is 0 Å². The Bertz CT molecular complexity index is 871. The Kier molecular flexibility index (Phi) is 4.25. The van der Waals surface area contributed by atoms with E-state index in [1.807, 2.05) is 6.07 Å². The maximum atomic E-state index is 12.8. The minimum atomic E-state index is -4.64. The zero-order chi connectivity index (χ0) is 17.5. The number of benzene rings is 1. The maximum absolute atomic E-state index is 12.8. The van der Waals surface area contributed by atoms with Crippen LogP contribution >= 0.6 is 11.6 Å². The van der Waals surface area contributed by atoms with Crippen LogP contribution < -0.4 is 5.56 Å². The van der Waals surface area contributed by atoms with E-state index in [0.29, 0.717) is 22.4 Å². The Morgan fingerprint density at radius 3 is 2.58 bits per heavy atom. The van der Waals surface area contributed by atoms with Gasteiger partial charge in [-0.3, -0.25) is 9.59 Å². The molecule has 1 aliphatic rings. The molecule has 1 aliphatic carbocycles. The molecule has 3 rings (SSSR count). The van der Waals surface area contributed by atoms with Crippen LogP contribution in [-0.2, 0) is 25.6 Å². The summed E-state index contributed by atoms with van der Waals surface area (Å²) >= 11 is 5.59. The fraction of sp³-hybridized carbons (Fsp3) is 0.294. The van der Waals surface area contributed by atoms with Crippen molar-refractivity contribution < 1.29 is 18.0 Å². The first-order valence-corrected chi connectivity index (χ1v) is 7.75. The lowest BCUT2D eigenvalue weighted by Gasteiger charge is -2.12. The minimum Gasteiger partial charge on any atom is -0.306 e. The number of aryl methyl sites for hydroxylation is 2. The third-order valence-electron chi connectivity index (χ3n) is 4.10. The number of rotatable bonds is 3. The molecule has 0 amide bonds. The monoisotopic (exact) mass is 355 g/mol. The Hall–Kier alpha value is -2.08. The molecule has 1 aromatic carbocycles. The fourth-order valence-electron chi connectivity index (χ4n) is 2.86. The van der Waals surface area contributed by atoms with E-state index < -0.39 is 34.6 Å². The highest BCUT2D eigenvalue weighted by Crippen LogP contribution is 2.29. The van der Waals surface area contributed by atoms with Gasteiger partial charge in [0.15, 0.2) is 5.78 Å². The quantitative estimate of drug-likeness (QED) is 0.783. The number of carbonyl (C=O) groups excluding carboxylic acids is 1. The molecule has 0 fully saturated rings. The van der Waals surface area contributed by atoms with Crippen molar-refractivity contribution in [3.8, 4) is 0 Å². The van der Waals surface area contributed by atoms with Crippen LogP contribution in [0, 0.1) is 0 Å². The maximum Gasteiger partial charge on any atom is 0.417 e. The van der Waals surface area contributed by atoms with Crippen LogP contribution in [0.1, 0.15) is 33.5 Å². The smallest absolute Gasteiger partial charge is 0.306 e. The van der Waals surface area contributed by atoms with Crippen molar-refractivity contribution in [2.45, 2.75) is 32.0 Å². The number of halogens is 4. The summed E-state index contributed by atoms with van der Waals surface area (Å²) < 4.78 is 39.2. The molecule has 0 unspecified atom stereocenters. The molecular formula is C17H13ClF3NO2. The van der Waals surface area contributed by atoms with Crippen molar-refractivity contribution in [1.29, 1.82) is 0 Å². The highest BCUT2D eigenvalue weighted by atomic mass is 35.5.